The molecule has 0 radical (unpaired) electrons. The van der Waals surface area contributed by atoms with Gasteiger partial charge in [-0.05, 0) is 19.1 Å². The van der Waals surface area contributed by atoms with Gasteiger partial charge >= 0.3 is 0 Å². The van der Waals surface area contributed by atoms with Crippen LogP contribution in [0.15, 0.2) is 30.5 Å². The van der Waals surface area contributed by atoms with Gasteiger partial charge in [-0.25, -0.2) is 0 Å². The van der Waals surface area contributed by atoms with Crippen molar-refractivity contribution < 1.29 is 14.6 Å². The van der Waals surface area contributed by atoms with Crippen molar-refractivity contribution in [3.63, 3.8) is 0 Å². The molecule has 1 aliphatic carbocycles. The molecule has 1 aromatic carbocycles. The molecule has 5 nitrogen and oxygen atoms in total. The van der Waals surface area contributed by atoms with Crippen molar-refractivity contribution in [2.75, 3.05) is 13.2 Å². The van der Waals surface area contributed by atoms with Crippen LogP contribution in [-0.2, 0) is 4.74 Å². The highest BCUT2D eigenvalue weighted by molar-refractivity contribution is 6.05. The maximum Gasteiger partial charge on any atom is 0.253 e. The molecule has 0 saturated heterocycles. The topological polar surface area (TPSA) is 74.3 Å². The van der Waals surface area contributed by atoms with Crippen molar-refractivity contribution in [3.05, 3.63) is 36.0 Å². The SMILES string of the molecule is CCO[C@H]1C[C@@](O)(CNC(=O)c2cccc3cc[nH]c23)C1(C)C. The van der Waals surface area contributed by atoms with Crippen LogP contribution in [-0.4, -0.2) is 40.9 Å². The molecule has 1 amide bonds. The van der Waals surface area contributed by atoms with Gasteiger partial charge in [0.15, 0.2) is 0 Å². The van der Waals surface area contributed by atoms with Crippen LogP contribution in [0.25, 0.3) is 10.9 Å². The van der Waals surface area contributed by atoms with Crippen molar-refractivity contribution in [2.45, 2.75) is 38.9 Å². The molecule has 0 unspecified atom stereocenters. The number of fused-ring (bicyclic) bond motifs is 1. The second-order valence-electron chi connectivity index (χ2n) is 6.83. The molecule has 0 bridgehead atoms. The van der Waals surface area contributed by atoms with Gasteiger partial charge in [-0.15, -0.1) is 0 Å². The third-order valence-corrected chi connectivity index (χ3v) is 5.27. The minimum absolute atomic E-state index is 0.0289. The number of para-hydroxylation sites is 1. The van der Waals surface area contributed by atoms with E-state index in [0.29, 0.717) is 18.6 Å². The number of carbonyl (C=O) groups excluding carboxylic acids is 1. The van der Waals surface area contributed by atoms with E-state index in [2.05, 4.69) is 10.3 Å². The Bertz CT molecular complexity index is 722. The zero-order valence-electron chi connectivity index (χ0n) is 13.8. The summed E-state index contributed by atoms with van der Waals surface area (Å²) in [5, 5.41) is 14.7. The molecule has 3 rings (SSSR count). The number of H-pyrrole nitrogens is 1. The fourth-order valence-electron chi connectivity index (χ4n) is 3.36. The molecular weight excluding hydrogens is 292 g/mol. The highest BCUT2D eigenvalue weighted by Gasteiger charge is 2.59. The zero-order chi connectivity index (χ0) is 16.7. The number of ether oxygens (including phenoxy) is 1. The Morgan fingerprint density at radius 2 is 2.22 bits per heavy atom. The summed E-state index contributed by atoms with van der Waals surface area (Å²) in [7, 11) is 0. The van der Waals surface area contributed by atoms with Gasteiger partial charge in [0.25, 0.3) is 5.91 Å². The number of nitrogens with one attached hydrogen (secondary N) is 2. The fraction of sp³-hybridized carbons (Fsp3) is 0.500. The van der Waals surface area contributed by atoms with E-state index in [4.69, 9.17) is 4.74 Å². The van der Waals surface area contributed by atoms with Crippen LogP contribution >= 0.6 is 0 Å². The van der Waals surface area contributed by atoms with Crippen LogP contribution < -0.4 is 5.32 Å². The van der Waals surface area contributed by atoms with Gasteiger partial charge in [0.2, 0.25) is 0 Å². The molecule has 124 valence electrons. The molecule has 1 aromatic heterocycles. The van der Waals surface area contributed by atoms with Crippen LogP contribution in [0.1, 0.15) is 37.6 Å². The Morgan fingerprint density at radius 1 is 1.43 bits per heavy atom. The lowest BCUT2D eigenvalue weighted by atomic mass is 9.56. The summed E-state index contributed by atoms with van der Waals surface area (Å²) in [6.45, 7) is 6.76. The molecule has 0 spiro atoms. The average molecular weight is 316 g/mol. The number of aliphatic hydroxyl groups is 1. The average Bonchev–Trinajstić information content (AvgIpc) is 3.00. The molecule has 23 heavy (non-hydrogen) atoms. The van der Waals surface area contributed by atoms with Crippen molar-refractivity contribution in [2.24, 2.45) is 5.41 Å². The summed E-state index contributed by atoms with van der Waals surface area (Å²) in [4.78, 5) is 15.6. The molecule has 1 saturated carbocycles. The zero-order valence-corrected chi connectivity index (χ0v) is 13.8. The molecule has 0 aliphatic heterocycles. The van der Waals surface area contributed by atoms with Gasteiger partial charge in [-0.2, -0.15) is 0 Å². The smallest absolute Gasteiger partial charge is 0.253 e. The summed E-state index contributed by atoms with van der Waals surface area (Å²) in [6, 6.07) is 7.53. The number of hydrogen-bond donors (Lipinski definition) is 3. The minimum atomic E-state index is -0.938. The molecule has 2 atom stereocenters. The van der Waals surface area contributed by atoms with Gasteiger partial charge in [-0.3, -0.25) is 4.79 Å². The highest BCUT2D eigenvalue weighted by atomic mass is 16.5. The maximum atomic E-state index is 12.5. The summed E-state index contributed by atoms with van der Waals surface area (Å²) < 4.78 is 5.65. The lowest BCUT2D eigenvalue weighted by Crippen LogP contribution is -2.68. The Kier molecular flexibility index (Phi) is 3.94. The van der Waals surface area contributed by atoms with E-state index in [0.717, 1.165) is 10.9 Å². The van der Waals surface area contributed by atoms with E-state index in [1.54, 1.807) is 6.07 Å². The summed E-state index contributed by atoms with van der Waals surface area (Å²) in [5.41, 5.74) is 0.0903. The number of hydrogen-bond acceptors (Lipinski definition) is 3. The Labute approximate surface area is 136 Å². The predicted octanol–water partition coefficient (Wildman–Crippen LogP) is 2.46. The first-order valence-corrected chi connectivity index (χ1v) is 8.07. The van der Waals surface area contributed by atoms with E-state index in [1.165, 1.54) is 0 Å². The van der Waals surface area contributed by atoms with Crippen LogP contribution in [0.2, 0.25) is 0 Å². The van der Waals surface area contributed by atoms with Gasteiger partial charge in [-0.1, -0.05) is 26.0 Å². The number of aromatic nitrogens is 1. The van der Waals surface area contributed by atoms with Crippen LogP contribution in [0.5, 0.6) is 0 Å². The van der Waals surface area contributed by atoms with Crippen molar-refractivity contribution >= 4 is 16.8 Å². The lowest BCUT2D eigenvalue weighted by Gasteiger charge is -2.57. The highest BCUT2D eigenvalue weighted by Crippen LogP contribution is 2.50. The quantitative estimate of drug-likeness (QED) is 0.793. The van der Waals surface area contributed by atoms with Gasteiger partial charge in [0.1, 0.15) is 0 Å². The standard InChI is InChI=1S/C18H24N2O3/c1-4-23-14-10-18(22,17(14,2)3)11-20-16(21)13-7-5-6-12-8-9-19-15(12)13/h5-9,14,19,22H,4,10-11H2,1-3H3,(H,20,21)/t14-,18+/m0/s1. The van der Waals surface area contributed by atoms with E-state index >= 15 is 0 Å². The van der Waals surface area contributed by atoms with Gasteiger partial charge < -0.3 is 20.1 Å². The first-order chi connectivity index (χ1) is 10.9. The lowest BCUT2D eigenvalue weighted by molar-refractivity contribution is -0.237. The third-order valence-electron chi connectivity index (χ3n) is 5.27. The van der Waals surface area contributed by atoms with E-state index < -0.39 is 5.60 Å². The Morgan fingerprint density at radius 3 is 2.91 bits per heavy atom. The molecule has 3 N–H and O–H groups in total. The van der Waals surface area contributed by atoms with E-state index in [-0.39, 0.29) is 24.0 Å². The van der Waals surface area contributed by atoms with E-state index in [9.17, 15) is 9.90 Å². The summed E-state index contributed by atoms with van der Waals surface area (Å²) >= 11 is 0. The molecule has 1 heterocycles. The number of rotatable bonds is 5. The molecule has 1 fully saturated rings. The minimum Gasteiger partial charge on any atom is -0.387 e. The fourth-order valence-corrected chi connectivity index (χ4v) is 3.36. The molecule has 1 aliphatic rings. The van der Waals surface area contributed by atoms with Crippen molar-refractivity contribution in [3.8, 4) is 0 Å². The third kappa shape index (κ3) is 2.54. The predicted molar refractivity (Wildman–Crippen MR) is 89.4 cm³/mol. The number of aromatic amines is 1. The van der Waals surface area contributed by atoms with Crippen LogP contribution in [0.3, 0.4) is 0 Å². The summed E-state index contributed by atoms with van der Waals surface area (Å²) in [5.74, 6) is -0.179. The Balaban J connectivity index is 1.69. The van der Waals surface area contributed by atoms with Crippen LogP contribution in [0, 0.1) is 5.41 Å². The largest absolute Gasteiger partial charge is 0.387 e. The number of carbonyl (C=O) groups is 1. The normalized spacial score (nSPS) is 26.0. The summed E-state index contributed by atoms with van der Waals surface area (Å²) in [6.07, 6.45) is 2.39. The maximum absolute atomic E-state index is 12.5. The second kappa shape index (κ2) is 5.65. The monoisotopic (exact) mass is 316 g/mol. The van der Waals surface area contributed by atoms with Gasteiger partial charge in [0.05, 0.1) is 22.8 Å². The van der Waals surface area contributed by atoms with E-state index in [1.807, 2.05) is 45.2 Å². The van der Waals surface area contributed by atoms with Crippen molar-refractivity contribution in [1.82, 2.24) is 10.3 Å². The molecular formula is C18H24N2O3. The number of amides is 1. The van der Waals surface area contributed by atoms with Crippen molar-refractivity contribution in [1.29, 1.82) is 0 Å². The first-order valence-electron chi connectivity index (χ1n) is 8.07. The first kappa shape index (κ1) is 16.0. The number of benzene rings is 1. The van der Waals surface area contributed by atoms with Crippen LogP contribution in [0.4, 0.5) is 0 Å². The molecule has 5 heteroatoms. The second-order valence-corrected chi connectivity index (χ2v) is 6.83. The molecule has 2 aromatic rings. The Hall–Kier alpha value is -1.85. The van der Waals surface area contributed by atoms with Gasteiger partial charge in [0, 0.05) is 36.6 Å².